The summed E-state index contributed by atoms with van der Waals surface area (Å²) in [5.41, 5.74) is 0.939. The highest BCUT2D eigenvalue weighted by Crippen LogP contribution is 2.09. The van der Waals surface area contributed by atoms with Gasteiger partial charge in [0.25, 0.3) is 0 Å². The zero-order valence-electron chi connectivity index (χ0n) is 8.38. The van der Waals surface area contributed by atoms with Gasteiger partial charge in [-0.3, -0.25) is 0 Å². The summed E-state index contributed by atoms with van der Waals surface area (Å²) in [7, 11) is 0. The van der Waals surface area contributed by atoms with Gasteiger partial charge in [0.1, 0.15) is 0 Å². The van der Waals surface area contributed by atoms with Gasteiger partial charge in [0.05, 0.1) is 12.1 Å². The second-order valence-electron chi connectivity index (χ2n) is 3.52. The molecule has 0 aromatic rings. The van der Waals surface area contributed by atoms with Crippen molar-refractivity contribution in [1.29, 1.82) is 0 Å². The summed E-state index contributed by atoms with van der Waals surface area (Å²) in [5.74, 6) is 0. The molecule has 0 aromatic heterocycles. The molecule has 1 aliphatic heterocycles. The molecule has 76 valence electrons. The summed E-state index contributed by atoms with van der Waals surface area (Å²) in [6.07, 6.45) is 9.73. The number of halogens is 1. The van der Waals surface area contributed by atoms with Gasteiger partial charge in [0.15, 0.2) is 0 Å². The van der Waals surface area contributed by atoms with Crippen LogP contribution in [0.5, 0.6) is 0 Å². The standard InChI is InChI=1S/C10H19BrN2/c1-2-3-4-5-6-12-7-8-13(9-11)10-12/h7-8H,2-6,9-10H2,1H3. The zero-order chi connectivity index (χ0) is 9.52. The van der Waals surface area contributed by atoms with Gasteiger partial charge in [-0.05, 0) is 6.42 Å². The molecule has 0 aromatic carbocycles. The highest BCUT2D eigenvalue weighted by Gasteiger charge is 2.09. The Morgan fingerprint density at radius 2 is 1.92 bits per heavy atom. The average molecular weight is 247 g/mol. The Kier molecular flexibility index (Phi) is 5.28. The van der Waals surface area contributed by atoms with Crippen LogP contribution in [0.2, 0.25) is 0 Å². The van der Waals surface area contributed by atoms with Crippen LogP contribution >= 0.6 is 15.9 Å². The van der Waals surface area contributed by atoms with E-state index in [4.69, 9.17) is 0 Å². The summed E-state index contributed by atoms with van der Waals surface area (Å²) in [4.78, 5) is 4.62. The van der Waals surface area contributed by atoms with Crippen molar-refractivity contribution in [2.45, 2.75) is 32.6 Å². The molecule has 0 spiro atoms. The van der Waals surface area contributed by atoms with Crippen LogP contribution in [-0.2, 0) is 0 Å². The normalized spacial score (nSPS) is 15.8. The summed E-state index contributed by atoms with van der Waals surface area (Å²) in [6, 6.07) is 0. The molecule has 0 bridgehead atoms. The van der Waals surface area contributed by atoms with Crippen molar-refractivity contribution in [2.24, 2.45) is 0 Å². The van der Waals surface area contributed by atoms with Crippen LogP contribution < -0.4 is 0 Å². The van der Waals surface area contributed by atoms with Crippen LogP contribution in [0.1, 0.15) is 32.6 Å². The first kappa shape index (κ1) is 10.9. The van der Waals surface area contributed by atoms with Crippen LogP contribution in [-0.4, -0.2) is 28.5 Å². The lowest BCUT2D eigenvalue weighted by molar-refractivity contribution is 0.286. The van der Waals surface area contributed by atoms with Gasteiger partial charge in [-0.25, -0.2) is 0 Å². The number of unbranched alkanes of at least 4 members (excludes halogenated alkanes) is 3. The minimum Gasteiger partial charge on any atom is -0.359 e. The molecule has 0 amide bonds. The van der Waals surface area contributed by atoms with E-state index in [1.165, 1.54) is 32.2 Å². The van der Waals surface area contributed by atoms with Crippen LogP contribution in [0.15, 0.2) is 12.4 Å². The van der Waals surface area contributed by atoms with Crippen LogP contribution in [0, 0.1) is 0 Å². The topological polar surface area (TPSA) is 6.48 Å². The molecular weight excluding hydrogens is 228 g/mol. The Hall–Kier alpha value is -0.180. The van der Waals surface area contributed by atoms with Crippen LogP contribution in [0.4, 0.5) is 0 Å². The fourth-order valence-electron chi connectivity index (χ4n) is 1.48. The van der Waals surface area contributed by atoms with E-state index in [1.54, 1.807) is 0 Å². The fourth-order valence-corrected chi connectivity index (χ4v) is 1.81. The van der Waals surface area contributed by atoms with E-state index in [9.17, 15) is 0 Å². The third-order valence-electron chi connectivity index (χ3n) is 2.30. The molecule has 1 heterocycles. The van der Waals surface area contributed by atoms with E-state index in [0.29, 0.717) is 0 Å². The lowest BCUT2D eigenvalue weighted by Gasteiger charge is -2.19. The van der Waals surface area contributed by atoms with Crippen molar-refractivity contribution in [2.75, 3.05) is 18.7 Å². The highest BCUT2D eigenvalue weighted by molar-refractivity contribution is 9.09. The molecule has 0 unspecified atom stereocenters. The SMILES string of the molecule is CCCCCCN1C=CN(CBr)C1. The smallest absolute Gasteiger partial charge is 0.0901 e. The van der Waals surface area contributed by atoms with Crippen molar-refractivity contribution >= 4 is 15.9 Å². The Morgan fingerprint density at radius 1 is 1.15 bits per heavy atom. The third kappa shape index (κ3) is 4.03. The van der Waals surface area contributed by atoms with E-state index >= 15 is 0 Å². The minimum absolute atomic E-state index is 0.939. The van der Waals surface area contributed by atoms with Gasteiger partial charge in [-0.15, -0.1) is 0 Å². The van der Waals surface area contributed by atoms with Crippen molar-refractivity contribution in [1.82, 2.24) is 9.80 Å². The quantitative estimate of drug-likeness (QED) is 0.404. The lowest BCUT2D eigenvalue weighted by Crippen LogP contribution is -2.24. The fraction of sp³-hybridized carbons (Fsp3) is 0.800. The van der Waals surface area contributed by atoms with Crippen molar-refractivity contribution < 1.29 is 0 Å². The zero-order valence-corrected chi connectivity index (χ0v) is 9.96. The maximum atomic E-state index is 3.44. The van der Waals surface area contributed by atoms with Gasteiger partial charge in [-0.2, -0.15) is 0 Å². The maximum absolute atomic E-state index is 3.44. The van der Waals surface area contributed by atoms with E-state index < -0.39 is 0 Å². The molecule has 1 aliphatic rings. The number of rotatable bonds is 6. The monoisotopic (exact) mass is 246 g/mol. The van der Waals surface area contributed by atoms with Gasteiger partial charge in [0.2, 0.25) is 0 Å². The number of alkyl halides is 1. The van der Waals surface area contributed by atoms with Crippen LogP contribution in [0.3, 0.4) is 0 Å². The summed E-state index contributed by atoms with van der Waals surface area (Å²) in [5, 5.41) is 0. The van der Waals surface area contributed by atoms with E-state index in [1.807, 2.05) is 0 Å². The molecule has 2 nitrogen and oxygen atoms in total. The lowest BCUT2D eigenvalue weighted by atomic mass is 10.2. The summed E-state index contributed by atoms with van der Waals surface area (Å²) < 4.78 is 0. The predicted molar refractivity (Wildman–Crippen MR) is 60.5 cm³/mol. The van der Waals surface area contributed by atoms with E-state index in [0.717, 1.165) is 12.1 Å². The van der Waals surface area contributed by atoms with E-state index in [-0.39, 0.29) is 0 Å². The first-order valence-electron chi connectivity index (χ1n) is 5.09. The largest absolute Gasteiger partial charge is 0.359 e. The van der Waals surface area contributed by atoms with Crippen molar-refractivity contribution in [3.8, 4) is 0 Å². The molecule has 0 saturated carbocycles. The molecule has 0 radical (unpaired) electrons. The van der Waals surface area contributed by atoms with Crippen LogP contribution in [0.25, 0.3) is 0 Å². The van der Waals surface area contributed by atoms with Gasteiger partial charge in [-0.1, -0.05) is 42.1 Å². The first-order chi connectivity index (χ1) is 6.36. The highest BCUT2D eigenvalue weighted by atomic mass is 79.9. The molecule has 0 atom stereocenters. The Bertz CT molecular complexity index is 159. The number of hydrogen-bond donors (Lipinski definition) is 0. The van der Waals surface area contributed by atoms with Crippen molar-refractivity contribution in [3.05, 3.63) is 12.4 Å². The molecule has 0 aliphatic carbocycles. The summed E-state index contributed by atoms with van der Waals surface area (Å²) in [6.45, 7) is 4.51. The number of nitrogens with zero attached hydrogens (tertiary/aromatic N) is 2. The molecule has 0 N–H and O–H groups in total. The molecule has 0 saturated heterocycles. The average Bonchev–Trinajstić information content (AvgIpc) is 2.60. The molecule has 3 heteroatoms. The Morgan fingerprint density at radius 3 is 2.54 bits per heavy atom. The third-order valence-corrected chi connectivity index (χ3v) is 2.95. The predicted octanol–water partition coefficient (Wildman–Crippen LogP) is 2.97. The van der Waals surface area contributed by atoms with Gasteiger partial charge >= 0.3 is 0 Å². The molecular formula is C10H19BrN2. The molecule has 1 rings (SSSR count). The Labute approximate surface area is 89.7 Å². The van der Waals surface area contributed by atoms with Gasteiger partial charge < -0.3 is 9.80 Å². The first-order valence-corrected chi connectivity index (χ1v) is 6.21. The second-order valence-corrected chi connectivity index (χ2v) is 4.02. The van der Waals surface area contributed by atoms with Crippen molar-refractivity contribution in [3.63, 3.8) is 0 Å². The molecule has 13 heavy (non-hydrogen) atoms. The summed E-state index contributed by atoms with van der Waals surface area (Å²) >= 11 is 3.44. The Balaban J connectivity index is 2.01. The second kappa shape index (κ2) is 6.30. The molecule has 0 fully saturated rings. The van der Waals surface area contributed by atoms with Gasteiger partial charge in [0, 0.05) is 18.9 Å². The maximum Gasteiger partial charge on any atom is 0.0901 e. The minimum atomic E-state index is 0.939. The van der Waals surface area contributed by atoms with E-state index in [2.05, 4.69) is 45.1 Å². The number of hydrogen-bond acceptors (Lipinski definition) is 2.